The minimum Gasteiger partial charge on any atom is -0.323 e. The molecule has 0 aliphatic carbocycles. The molecule has 0 saturated carbocycles. The molecule has 3 aromatic rings. The first-order valence-electron chi connectivity index (χ1n) is 11.6. The lowest BCUT2D eigenvalue weighted by Gasteiger charge is -2.34. The Bertz CT molecular complexity index is 1290. The summed E-state index contributed by atoms with van der Waals surface area (Å²) in [7, 11) is -4.05. The van der Waals surface area contributed by atoms with Crippen LogP contribution in [0.25, 0.3) is 10.8 Å². The summed E-state index contributed by atoms with van der Waals surface area (Å²) >= 11 is 0. The summed E-state index contributed by atoms with van der Waals surface area (Å²) in [4.78, 5) is 17.7. The van der Waals surface area contributed by atoms with Gasteiger partial charge in [-0.3, -0.25) is 0 Å². The van der Waals surface area contributed by atoms with Crippen molar-refractivity contribution in [2.75, 3.05) is 13.1 Å². The number of carbonyl (C=O) groups excluding carboxylic acids is 1. The number of amides is 2. The van der Waals surface area contributed by atoms with Crippen LogP contribution in [0, 0.1) is 5.92 Å². The molecule has 1 atom stereocenters. The third-order valence-corrected chi connectivity index (χ3v) is 7.67. The fraction of sp³-hybridized carbons (Fsp3) is 0.320. The maximum atomic E-state index is 13.5. The highest BCUT2D eigenvalue weighted by Gasteiger charge is 2.29. The van der Waals surface area contributed by atoms with E-state index in [1.165, 1.54) is 6.07 Å². The first-order chi connectivity index (χ1) is 16.8. The molecule has 1 aliphatic rings. The largest absolute Gasteiger partial charge is 0.335 e. The second kappa shape index (κ2) is 10.7. The maximum Gasteiger partial charge on any atom is 0.335 e. The van der Waals surface area contributed by atoms with E-state index < -0.39 is 22.2 Å². The molecule has 2 amide bonds. The Balaban J connectivity index is 1.63. The normalized spacial score (nSPS) is 15.8. The number of benzene rings is 3. The van der Waals surface area contributed by atoms with E-state index in [0.29, 0.717) is 30.1 Å². The van der Waals surface area contributed by atoms with Crippen LogP contribution in [0.3, 0.4) is 0 Å². The zero-order chi connectivity index (χ0) is 25.0. The van der Waals surface area contributed by atoms with Crippen molar-refractivity contribution in [1.82, 2.24) is 20.2 Å². The van der Waals surface area contributed by atoms with Gasteiger partial charge in [0.25, 0.3) is 10.0 Å². The fourth-order valence-corrected chi connectivity index (χ4v) is 5.25. The molecule has 10 heteroatoms. The quantitative estimate of drug-likeness (QED) is 0.293. The zero-order valence-corrected chi connectivity index (χ0v) is 20.4. The summed E-state index contributed by atoms with van der Waals surface area (Å²) in [5.41, 5.74) is 9.10. The molecule has 4 rings (SSSR count). The number of hydrazine groups is 1. The summed E-state index contributed by atoms with van der Waals surface area (Å²) in [6, 6.07) is 18.9. The topological polar surface area (TPSA) is 128 Å². The average molecular weight is 498 g/mol. The summed E-state index contributed by atoms with van der Waals surface area (Å²) in [6.07, 6.45) is 0.921. The monoisotopic (exact) mass is 497 g/mol. The number of hydrogen-bond acceptors (Lipinski definition) is 6. The molecule has 0 aromatic heterocycles. The number of sulfonamides is 1. The molecular weight excluding hydrogens is 466 g/mol. The Morgan fingerprint density at radius 2 is 1.80 bits per heavy atom. The van der Waals surface area contributed by atoms with E-state index in [0.717, 1.165) is 28.6 Å². The number of rotatable bonds is 7. The van der Waals surface area contributed by atoms with Crippen LogP contribution in [-0.4, -0.2) is 42.7 Å². The van der Waals surface area contributed by atoms with Crippen molar-refractivity contribution in [3.8, 4) is 0 Å². The van der Waals surface area contributed by atoms with Crippen molar-refractivity contribution in [3.63, 3.8) is 0 Å². The van der Waals surface area contributed by atoms with Gasteiger partial charge in [0.15, 0.2) is 0 Å². The van der Waals surface area contributed by atoms with Gasteiger partial charge in [0.05, 0.1) is 11.4 Å². The predicted molar refractivity (Wildman–Crippen MR) is 133 cm³/mol. The molecule has 9 nitrogen and oxygen atoms in total. The van der Waals surface area contributed by atoms with Crippen molar-refractivity contribution in [2.24, 2.45) is 11.7 Å². The number of carbonyl (C=O) groups is 1. The van der Waals surface area contributed by atoms with Crippen LogP contribution >= 0.6 is 0 Å². The second-order valence-corrected chi connectivity index (χ2v) is 10.7. The molecular formula is C25H31N5O4S. The molecule has 1 fully saturated rings. The number of piperidine rings is 1. The molecule has 1 saturated heterocycles. The van der Waals surface area contributed by atoms with Crippen molar-refractivity contribution in [1.29, 1.82) is 0 Å². The summed E-state index contributed by atoms with van der Waals surface area (Å²) in [5.74, 6) is 0.519. The number of nitrogens with two attached hydrogens (primary N) is 1. The molecule has 5 N–H and O–H groups in total. The van der Waals surface area contributed by atoms with Gasteiger partial charge in [-0.05, 0) is 52.8 Å². The summed E-state index contributed by atoms with van der Waals surface area (Å²) in [6.45, 7) is 3.26. The Morgan fingerprint density at radius 1 is 1.09 bits per heavy atom. The Morgan fingerprint density at radius 3 is 2.51 bits per heavy atom. The average Bonchev–Trinajstić information content (AvgIpc) is 2.87. The van der Waals surface area contributed by atoms with E-state index >= 15 is 0 Å². The van der Waals surface area contributed by atoms with E-state index in [9.17, 15) is 13.2 Å². The van der Waals surface area contributed by atoms with E-state index in [1.54, 1.807) is 41.3 Å². The number of hydrogen-bond donors (Lipinski definition) is 4. The molecule has 0 spiro atoms. The smallest absolute Gasteiger partial charge is 0.323 e. The van der Waals surface area contributed by atoms with Crippen LogP contribution in [0.2, 0.25) is 0 Å². The Hall–Kier alpha value is -3.02. The lowest BCUT2D eigenvalue weighted by atomic mass is 10.00. The second-order valence-electron chi connectivity index (χ2n) is 8.99. The lowest BCUT2D eigenvalue weighted by molar-refractivity contribution is 0.123. The van der Waals surface area contributed by atoms with Crippen molar-refractivity contribution in [2.45, 2.75) is 37.4 Å². The summed E-state index contributed by atoms with van der Waals surface area (Å²) < 4.78 is 26.7. The molecule has 0 radical (unpaired) electrons. The van der Waals surface area contributed by atoms with Gasteiger partial charge in [0.2, 0.25) is 0 Å². The van der Waals surface area contributed by atoms with Gasteiger partial charge in [-0.15, -0.1) is 4.83 Å². The van der Waals surface area contributed by atoms with Crippen LogP contribution in [0.1, 0.15) is 37.1 Å². The van der Waals surface area contributed by atoms with Crippen molar-refractivity contribution in [3.05, 3.63) is 77.9 Å². The minimum absolute atomic E-state index is 0.0102. The number of fused-ring (bicyclic) bond motifs is 1. The van der Waals surface area contributed by atoms with Crippen molar-refractivity contribution >= 4 is 26.8 Å². The van der Waals surface area contributed by atoms with Gasteiger partial charge in [0, 0.05) is 13.1 Å². The first-order valence-corrected chi connectivity index (χ1v) is 13.1. The van der Waals surface area contributed by atoms with Gasteiger partial charge >= 0.3 is 6.03 Å². The van der Waals surface area contributed by atoms with Crippen LogP contribution in [0.4, 0.5) is 4.79 Å². The minimum atomic E-state index is -4.05. The summed E-state index contributed by atoms with van der Waals surface area (Å²) in [5, 5.41) is 12.0. The molecule has 186 valence electrons. The molecule has 3 aromatic carbocycles. The van der Waals surface area contributed by atoms with Crippen molar-refractivity contribution < 1.29 is 18.4 Å². The molecule has 35 heavy (non-hydrogen) atoms. The highest BCUT2D eigenvalue weighted by molar-refractivity contribution is 7.89. The van der Waals surface area contributed by atoms with Crippen LogP contribution in [0.5, 0.6) is 0 Å². The highest BCUT2D eigenvalue weighted by Crippen LogP contribution is 2.22. The molecule has 1 heterocycles. The van der Waals surface area contributed by atoms with Gasteiger partial charge in [-0.25, -0.2) is 18.2 Å². The molecule has 1 aliphatic heterocycles. The zero-order valence-electron chi connectivity index (χ0n) is 19.6. The van der Waals surface area contributed by atoms with E-state index in [2.05, 4.69) is 11.8 Å². The Labute approximate surface area is 205 Å². The standard InChI is InChI=1S/C25H31N5O4S/c1-18-11-13-29(14-12-18)25(31)30(17-19-5-4-8-22(15-19)24(26)27-32)28-35(33,34)23-10-9-20-6-2-3-7-21(20)16-23/h2-10,15-16,18,24,27-28,32H,11-14,17,26H2,1H3. The SMILES string of the molecule is CC1CCN(C(=O)N(Cc2cccc(C(N)NO)c2)NS(=O)(=O)c2ccc3ccccc3c2)CC1. The lowest BCUT2D eigenvalue weighted by Crippen LogP contribution is -2.53. The maximum absolute atomic E-state index is 13.5. The fourth-order valence-electron chi connectivity index (χ4n) is 4.18. The van der Waals surface area contributed by atoms with E-state index in [1.807, 2.05) is 29.7 Å². The number of hydroxylamine groups is 1. The number of likely N-dealkylation sites (tertiary alicyclic amines) is 1. The van der Waals surface area contributed by atoms with Crippen LogP contribution in [-0.2, 0) is 16.6 Å². The van der Waals surface area contributed by atoms with Crippen LogP contribution < -0.4 is 16.0 Å². The first kappa shape index (κ1) is 25.1. The number of nitrogens with one attached hydrogen (secondary N) is 2. The predicted octanol–water partition coefficient (Wildman–Crippen LogP) is 3.32. The van der Waals surface area contributed by atoms with Crippen LogP contribution in [0.15, 0.2) is 71.6 Å². The number of urea groups is 1. The third-order valence-electron chi connectivity index (χ3n) is 6.34. The third kappa shape index (κ3) is 5.98. The Kier molecular flexibility index (Phi) is 7.68. The highest BCUT2D eigenvalue weighted by atomic mass is 32.2. The number of nitrogens with zero attached hydrogens (tertiary/aromatic N) is 2. The molecule has 0 bridgehead atoms. The van der Waals surface area contributed by atoms with Gasteiger partial charge in [-0.1, -0.05) is 61.5 Å². The van der Waals surface area contributed by atoms with E-state index in [-0.39, 0.29) is 11.4 Å². The molecule has 1 unspecified atom stereocenters. The van der Waals surface area contributed by atoms with Gasteiger partial charge in [-0.2, -0.15) is 5.48 Å². The van der Waals surface area contributed by atoms with Gasteiger partial charge < -0.3 is 15.8 Å². The van der Waals surface area contributed by atoms with Gasteiger partial charge in [0.1, 0.15) is 6.17 Å². The van der Waals surface area contributed by atoms with E-state index in [4.69, 9.17) is 10.9 Å².